The van der Waals surface area contributed by atoms with Gasteiger partial charge in [0.1, 0.15) is 16.3 Å². The molecular weight excluding hydrogens is 386 g/mol. The van der Waals surface area contributed by atoms with Crippen LogP contribution >= 0.6 is 11.3 Å². The van der Waals surface area contributed by atoms with Gasteiger partial charge in [-0.3, -0.25) is 4.57 Å². The van der Waals surface area contributed by atoms with Crippen LogP contribution in [0.1, 0.15) is 5.56 Å². The molecule has 0 aliphatic rings. The van der Waals surface area contributed by atoms with Crippen molar-refractivity contribution in [2.45, 2.75) is 6.92 Å². The first-order valence-electron chi connectivity index (χ1n) is 8.92. The second kappa shape index (κ2) is 5.82. The van der Waals surface area contributed by atoms with Crippen molar-refractivity contribution in [3.8, 4) is 16.3 Å². The van der Waals surface area contributed by atoms with E-state index in [4.69, 9.17) is 15.3 Å². The van der Waals surface area contributed by atoms with Gasteiger partial charge in [-0.15, -0.1) is 11.3 Å². The Bertz CT molecular complexity index is 1490. The number of para-hydroxylation sites is 1. The van der Waals surface area contributed by atoms with Crippen molar-refractivity contribution in [2.75, 3.05) is 5.73 Å². The molecule has 0 aliphatic heterocycles. The molecule has 0 saturated carbocycles. The normalized spacial score (nSPS) is 11.8. The molecule has 8 nitrogen and oxygen atoms in total. The minimum absolute atomic E-state index is 0.333. The highest BCUT2D eigenvalue weighted by atomic mass is 32.1. The van der Waals surface area contributed by atoms with Crippen LogP contribution in [0.25, 0.3) is 48.9 Å². The highest BCUT2D eigenvalue weighted by molar-refractivity contribution is 7.21. The Kier molecular flexibility index (Phi) is 3.24. The molecule has 29 heavy (non-hydrogen) atoms. The average Bonchev–Trinajstić information content (AvgIpc) is 3.41. The van der Waals surface area contributed by atoms with E-state index >= 15 is 0 Å². The molecule has 0 saturated heterocycles. The number of nitrogens with two attached hydrogens (primary N) is 1. The van der Waals surface area contributed by atoms with Gasteiger partial charge >= 0.3 is 0 Å². The van der Waals surface area contributed by atoms with Crippen molar-refractivity contribution in [1.82, 2.24) is 29.8 Å². The number of fused-ring (bicyclic) bond motifs is 3. The van der Waals surface area contributed by atoms with Crippen molar-refractivity contribution in [3.05, 3.63) is 54.1 Å². The van der Waals surface area contributed by atoms with Crippen molar-refractivity contribution in [2.24, 2.45) is 0 Å². The largest absolute Gasteiger partial charge is 0.384 e. The SMILES string of the molecule is Cc1ccc(-n2c(N)c(-c3nc4ccccc4s3)c3nc4nonc4nc32)cc1. The van der Waals surface area contributed by atoms with Gasteiger partial charge in [-0.05, 0) is 41.5 Å². The topological polar surface area (TPSA) is 109 Å². The fourth-order valence-electron chi connectivity index (χ4n) is 3.45. The molecule has 0 atom stereocenters. The van der Waals surface area contributed by atoms with Gasteiger partial charge in [-0.1, -0.05) is 29.8 Å². The smallest absolute Gasteiger partial charge is 0.245 e. The van der Waals surface area contributed by atoms with E-state index in [1.165, 1.54) is 0 Å². The summed E-state index contributed by atoms with van der Waals surface area (Å²) in [5.41, 5.74) is 12.2. The van der Waals surface area contributed by atoms with E-state index in [1.807, 2.05) is 60.0 Å². The van der Waals surface area contributed by atoms with Gasteiger partial charge in [0.15, 0.2) is 5.65 Å². The molecule has 0 aliphatic carbocycles. The van der Waals surface area contributed by atoms with E-state index in [0.29, 0.717) is 28.3 Å². The van der Waals surface area contributed by atoms with Gasteiger partial charge in [-0.25, -0.2) is 19.6 Å². The van der Waals surface area contributed by atoms with Gasteiger partial charge in [0.25, 0.3) is 0 Å². The van der Waals surface area contributed by atoms with E-state index in [-0.39, 0.29) is 0 Å². The second-order valence-corrected chi connectivity index (χ2v) is 7.76. The molecule has 0 bridgehead atoms. The first-order valence-corrected chi connectivity index (χ1v) is 9.74. The summed E-state index contributed by atoms with van der Waals surface area (Å²) in [5.74, 6) is 0.521. The van der Waals surface area contributed by atoms with Crippen LogP contribution in [0.5, 0.6) is 0 Å². The fraction of sp³-hybridized carbons (Fsp3) is 0.0500. The van der Waals surface area contributed by atoms with Crippen molar-refractivity contribution >= 4 is 49.8 Å². The molecule has 9 heteroatoms. The van der Waals surface area contributed by atoms with Gasteiger partial charge in [0.2, 0.25) is 11.3 Å². The maximum Gasteiger partial charge on any atom is 0.245 e. The second-order valence-electron chi connectivity index (χ2n) is 6.73. The Morgan fingerprint density at radius 2 is 1.69 bits per heavy atom. The van der Waals surface area contributed by atoms with Crippen LogP contribution in [0.2, 0.25) is 0 Å². The molecule has 0 spiro atoms. The number of benzene rings is 2. The zero-order valence-electron chi connectivity index (χ0n) is 15.2. The molecule has 6 aromatic rings. The standard InChI is InChI=1S/C20H13N7OS/c1-10-6-8-11(9-7-10)27-16(21)14(20-22-12-4-2-3-5-13(12)29-20)15-19(27)24-18-17(23-15)25-28-26-18/h2-9H,21H2,1H3. The molecule has 140 valence electrons. The Balaban J connectivity index is 1.73. The lowest BCUT2D eigenvalue weighted by Gasteiger charge is -2.07. The molecule has 6 rings (SSSR count). The van der Waals surface area contributed by atoms with Crippen molar-refractivity contribution < 1.29 is 4.63 Å². The van der Waals surface area contributed by atoms with Crippen molar-refractivity contribution in [1.29, 1.82) is 0 Å². The van der Waals surface area contributed by atoms with Gasteiger partial charge in [0, 0.05) is 5.69 Å². The number of hydrogen-bond donors (Lipinski definition) is 1. The summed E-state index contributed by atoms with van der Waals surface area (Å²) in [6, 6.07) is 16.0. The summed E-state index contributed by atoms with van der Waals surface area (Å²) in [6.07, 6.45) is 0. The Labute approximate surface area is 167 Å². The van der Waals surface area contributed by atoms with Gasteiger partial charge in [-0.2, -0.15) is 0 Å². The van der Waals surface area contributed by atoms with E-state index in [2.05, 4.69) is 20.3 Å². The van der Waals surface area contributed by atoms with Crippen molar-refractivity contribution in [3.63, 3.8) is 0 Å². The lowest BCUT2D eigenvalue weighted by molar-refractivity contribution is 0.314. The highest BCUT2D eigenvalue weighted by Gasteiger charge is 2.24. The third kappa shape index (κ3) is 2.34. The number of nitrogen functional groups attached to an aromatic ring is 1. The van der Waals surface area contributed by atoms with Crippen LogP contribution in [-0.2, 0) is 0 Å². The monoisotopic (exact) mass is 399 g/mol. The third-order valence-corrected chi connectivity index (χ3v) is 5.90. The van der Waals surface area contributed by atoms with E-state index < -0.39 is 0 Å². The molecule has 0 amide bonds. The summed E-state index contributed by atoms with van der Waals surface area (Å²) in [6.45, 7) is 2.04. The quantitative estimate of drug-likeness (QED) is 0.466. The molecular formula is C20H13N7OS. The predicted molar refractivity (Wildman–Crippen MR) is 112 cm³/mol. The lowest BCUT2D eigenvalue weighted by Crippen LogP contribution is -2.01. The maximum absolute atomic E-state index is 6.66. The van der Waals surface area contributed by atoms with Crippen LogP contribution in [0.15, 0.2) is 53.2 Å². The van der Waals surface area contributed by atoms with Crippen LogP contribution < -0.4 is 5.73 Å². The van der Waals surface area contributed by atoms with Crippen LogP contribution in [0.4, 0.5) is 5.82 Å². The summed E-state index contributed by atoms with van der Waals surface area (Å²) in [5, 5.41) is 8.46. The van der Waals surface area contributed by atoms with E-state index in [9.17, 15) is 0 Å². The summed E-state index contributed by atoms with van der Waals surface area (Å²) < 4.78 is 7.76. The Morgan fingerprint density at radius 1 is 0.931 bits per heavy atom. The van der Waals surface area contributed by atoms with E-state index in [1.54, 1.807) is 11.3 Å². The molecule has 0 radical (unpaired) electrons. The third-order valence-electron chi connectivity index (χ3n) is 4.84. The number of nitrogens with zero attached hydrogens (tertiary/aromatic N) is 6. The molecule has 0 unspecified atom stereocenters. The first kappa shape index (κ1) is 16.1. The Hall–Kier alpha value is -3.85. The number of anilines is 1. The molecule has 0 fully saturated rings. The number of rotatable bonds is 2. The number of hydrogen-bond acceptors (Lipinski definition) is 8. The van der Waals surface area contributed by atoms with E-state index in [0.717, 1.165) is 32.0 Å². The minimum Gasteiger partial charge on any atom is -0.384 e. The summed E-state index contributed by atoms with van der Waals surface area (Å²) in [4.78, 5) is 14.1. The molecule has 4 heterocycles. The number of thiazole rings is 1. The molecule has 4 aromatic heterocycles. The zero-order chi connectivity index (χ0) is 19.5. The van der Waals surface area contributed by atoms with Crippen LogP contribution in [0, 0.1) is 6.92 Å². The molecule has 2 aromatic carbocycles. The van der Waals surface area contributed by atoms with Gasteiger partial charge < -0.3 is 5.73 Å². The summed E-state index contributed by atoms with van der Waals surface area (Å²) >= 11 is 1.57. The highest BCUT2D eigenvalue weighted by Crippen LogP contribution is 2.40. The van der Waals surface area contributed by atoms with Crippen LogP contribution in [0.3, 0.4) is 0 Å². The Morgan fingerprint density at radius 3 is 2.48 bits per heavy atom. The molecule has 2 N–H and O–H groups in total. The van der Waals surface area contributed by atoms with Crippen LogP contribution in [-0.4, -0.2) is 29.8 Å². The first-order chi connectivity index (χ1) is 14.2. The van der Waals surface area contributed by atoms with Gasteiger partial charge in [0.05, 0.1) is 15.8 Å². The predicted octanol–water partition coefficient (Wildman–Crippen LogP) is 4.12. The average molecular weight is 399 g/mol. The number of aromatic nitrogens is 6. The number of aryl methyl sites for hydroxylation is 1. The lowest BCUT2D eigenvalue weighted by atomic mass is 10.2. The fourth-order valence-corrected chi connectivity index (χ4v) is 4.47. The zero-order valence-corrected chi connectivity index (χ0v) is 16.0. The maximum atomic E-state index is 6.66. The summed E-state index contributed by atoms with van der Waals surface area (Å²) in [7, 11) is 0. The minimum atomic E-state index is 0.333.